The molecule has 3 rings (SSSR count). The van der Waals surface area contributed by atoms with Gasteiger partial charge < -0.3 is 10.5 Å². The normalized spacial score (nSPS) is 11.8. The number of aromatic nitrogens is 2. The van der Waals surface area contributed by atoms with Gasteiger partial charge in [-0.2, -0.15) is 5.10 Å². The summed E-state index contributed by atoms with van der Waals surface area (Å²) in [6.07, 6.45) is 0.524. The number of rotatable bonds is 5. The summed E-state index contributed by atoms with van der Waals surface area (Å²) in [5, 5.41) is 5.08. The van der Waals surface area contributed by atoms with E-state index in [1.54, 1.807) is 35.1 Å². The first-order chi connectivity index (χ1) is 12.5. The van der Waals surface area contributed by atoms with Crippen molar-refractivity contribution in [3.8, 4) is 16.9 Å². The fourth-order valence-corrected chi connectivity index (χ4v) is 2.47. The Labute approximate surface area is 155 Å². The number of para-hydroxylation sites is 1. The SMILES string of the molecule is C[C@H](OC(=O)c1cn(-c2ccccc2)nc1-c1ccc(Cl)cc1)C(N)=O. The van der Waals surface area contributed by atoms with Gasteiger partial charge in [0.2, 0.25) is 0 Å². The van der Waals surface area contributed by atoms with Crippen LogP contribution in [0.2, 0.25) is 5.02 Å². The van der Waals surface area contributed by atoms with Gasteiger partial charge in [0.25, 0.3) is 5.91 Å². The molecule has 0 saturated carbocycles. The lowest BCUT2D eigenvalue weighted by Crippen LogP contribution is -2.30. The Morgan fingerprint density at radius 1 is 1.12 bits per heavy atom. The second-order valence-electron chi connectivity index (χ2n) is 5.63. The van der Waals surface area contributed by atoms with E-state index >= 15 is 0 Å². The number of hydrogen-bond donors (Lipinski definition) is 1. The fraction of sp³-hybridized carbons (Fsp3) is 0.105. The van der Waals surface area contributed by atoms with Crippen molar-refractivity contribution in [1.82, 2.24) is 9.78 Å². The van der Waals surface area contributed by atoms with E-state index < -0.39 is 18.0 Å². The standard InChI is InChI=1S/C19H16ClN3O3/c1-12(18(21)24)26-19(25)16-11-23(15-5-3-2-4-6-15)22-17(16)13-7-9-14(20)10-8-13/h2-12H,1H3,(H2,21,24)/t12-/m0/s1. The molecule has 26 heavy (non-hydrogen) atoms. The molecule has 0 unspecified atom stereocenters. The predicted octanol–water partition coefficient (Wildman–Crippen LogP) is 3.22. The van der Waals surface area contributed by atoms with Crippen LogP contribution in [0.1, 0.15) is 17.3 Å². The summed E-state index contributed by atoms with van der Waals surface area (Å²) in [6.45, 7) is 1.42. The number of hydrogen-bond acceptors (Lipinski definition) is 4. The number of nitrogens with zero attached hydrogens (tertiary/aromatic N) is 2. The van der Waals surface area contributed by atoms with E-state index in [0.717, 1.165) is 5.69 Å². The van der Waals surface area contributed by atoms with Crippen molar-refractivity contribution in [3.05, 3.63) is 71.4 Å². The third-order valence-corrected chi connectivity index (χ3v) is 4.01. The Morgan fingerprint density at radius 2 is 1.77 bits per heavy atom. The Bertz CT molecular complexity index is 936. The molecule has 0 bridgehead atoms. The first kappa shape index (κ1) is 17.7. The molecule has 1 atom stereocenters. The van der Waals surface area contributed by atoms with Crippen LogP contribution in [0.5, 0.6) is 0 Å². The number of carbonyl (C=O) groups excluding carboxylic acids is 2. The lowest BCUT2D eigenvalue weighted by molar-refractivity contribution is -0.125. The monoisotopic (exact) mass is 369 g/mol. The first-order valence-electron chi connectivity index (χ1n) is 7.87. The molecule has 1 amide bonds. The maximum Gasteiger partial charge on any atom is 0.342 e. The molecule has 0 spiro atoms. The highest BCUT2D eigenvalue weighted by molar-refractivity contribution is 6.30. The van der Waals surface area contributed by atoms with Crippen molar-refractivity contribution in [2.75, 3.05) is 0 Å². The minimum atomic E-state index is -1.04. The summed E-state index contributed by atoms with van der Waals surface area (Å²) in [4.78, 5) is 23.8. The molecule has 7 heteroatoms. The van der Waals surface area contributed by atoms with Crippen LogP contribution in [0.4, 0.5) is 0 Å². The van der Waals surface area contributed by atoms with Crippen molar-refractivity contribution in [2.45, 2.75) is 13.0 Å². The summed E-state index contributed by atoms with van der Waals surface area (Å²) in [7, 11) is 0. The van der Waals surface area contributed by atoms with Gasteiger partial charge in [-0.25, -0.2) is 9.48 Å². The smallest absolute Gasteiger partial charge is 0.342 e. The molecule has 1 heterocycles. The van der Waals surface area contributed by atoms with Crippen LogP contribution < -0.4 is 5.73 Å². The predicted molar refractivity (Wildman–Crippen MR) is 98.1 cm³/mol. The van der Waals surface area contributed by atoms with Crippen LogP contribution in [-0.4, -0.2) is 27.8 Å². The highest BCUT2D eigenvalue weighted by atomic mass is 35.5. The number of carbonyl (C=O) groups is 2. The molecule has 0 aliphatic heterocycles. The van der Waals surface area contributed by atoms with Crippen molar-refractivity contribution < 1.29 is 14.3 Å². The van der Waals surface area contributed by atoms with Crippen LogP contribution in [-0.2, 0) is 9.53 Å². The van der Waals surface area contributed by atoms with Gasteiger partial charge in [-0.1, -0.05) is 41.9 Å². The highest BCUT2D eigenvalue weighted by Crippen LogP contribution is 2.26. The summed E-state index contributed by atoms with van der Waals surface area (Å²) < 4.78 is 6.72. The molecule has 3 aromatic rings. The molecular formula is C19H16ClN3O3. The minimum Gasteiger partial charge on any atom is -0.449 e. The molecule has 0 aliphatic carbocycles. The van der Waals surface area contributed by atoms with E-state index in [1.807, 2.05) is 30.3 Å². The summed E-state index contributed by atoms with van der Waals surface area (Å²) in [5.41, 5.74) is 7.30. The zero-order valence-corrected chi connectivity index (χ0v) is 14.7. The number of esters is 1. The Morgan fingerprint density at radius 3 is 2.38 bits per heavy atom. The second-order valence-corrected chi connectivity index (χ2v) is 6.06. The molecule has 6 nitrogen and oxygen atoms in total. The molecule has 2 N–H and O–H groups in total. The van der Waals surface area contributed by atoms with E-state index in [-0.39, 0.29) is 5.56 Å². The molecule has 2 aromatic carbocycles. The molecule has 0 saturated heterocycles. The molecule has 0 aliphatic rings. The van der Waals surface area contributed by atoms with Gasteiger partial charge in [0, 0.05) is 16.8 Å². The lowest BCUT2D eigenvalue weighted by atomic mass is 10.1. The molecular weight excluding hydrogens is 354 g/mol. The first-order valence-corrected chi connectivity index (χ1v) is 8.25. The fourth-order valence-electron chi connectivity index (χ4n) is 2.34. The van der Waals surface area contributed by atoms with Gasteiger partial charge in [-0.3, -0.25) is 4.79 Å². The Hall–Kier alpha value is -3.12. The maximum absolute atomic E-state index is 12.6. The number of primary amides is 1. The number of nitrogens with two attached hydrogens (primary N) is 1. The zero-order chi connectivity index (χ0) is 18.7. The van der Waals surface area contributed by atoms with Gasteiger partial charge in [-0.15, -0.1) is 0 Å². The van der Waals surface area contributed by atoms with Crippen molar-refractivity contribution in [2.24, 2.45) is 5.73 Å². The minimum absolute atomic E-state index is 0.226. The van der Waals surface area contributed by atoms with Crippen molar-refractivity contribution in [3.63, 3.8) is 0 Å². The molecule has 0 radical (unpaired) electrons. The van der Waals surface area contributed by atoms with E-state index in [2.05, 4.69) is 5.10 Å². The van der Waals surface area contributed by atoms with E-state index in [0.29, 0.717) is 16.3 Å². The number of amides is 1. The topological polar surface area (TPSA) is 87.2 Å². The van der Waals surface area contributed by atoms with E-state index in [4.69, 9.17) is 22.1 Å². The lowest BCUT2D eigenvalue weighted by Gasteiger charge is -2.09. The van der Waals surface area contributed by atoms with Crippen LogP contribution in [0.3, 0.4) is 0 Å². The van der Waals surface area contributed by atoms with Crippen LogP contribution in [0, 0.1) is 0 Å². The zero-order valence-electron chi connectivity index (χ0n) is 13.9. The third-order valence-electron chi connectivity index (χ3n) is 3.76. The van der Waals surface area contributed by atoms with Crippen LogP contribution >= 0.6 is 11.6 Å². The molecule has 132 valence electrons. The van der Waals surface area contributed by atoms with Crippen LogP contribution in [0.25, 0.3) is 16.9 Å². The van der Waals surface area contributed by atoms with Gasteiger partial charge in [0.05, 0.1) is 5.69 Å². The van der Waals surface area contributed by atoms with Gasteiger partial charge in [0.15, 0.2) is 6.10 Å². The average Bonchev–Trinajstić information content (AvgIpc) is 3.08. The Balaban J connectivity index is 2.05. The van der Waals surface area contributed by atoms with Gasteiger partial charge >= 0.3 is 5.97 Å². The Kier molecular flexibility index (Phi) is 5.04. The third kappa shape index (κ3) is 3.75. The molecule has 0 fully saturated rings. The maximum atomic E-state index is 12.6. The van der Waals surface area contributed by atoms with Crippen LogP contribution in [0.15, 0.2) is 60.8 Å². The largest absolute Gasteiger partial charge is 0.449 e. The summed E-state index contributed by atoms with van der Waals surface area (Å²) in [6, 6.07) is 16.3. The van der Waals surface area contributed by atoms with Gasteiger partial charge in [-0.05, 0) is 31.2 Å². The quantitative estimate of drug-likeness (QED) is 0.699. The average molecular weight is 370 g/mol. The summed E-state index contributed by atoms with van der Waals surface area (Å²) in [5.74, 6) is -1.40. The molecule has 1 aromatic heterocycles. The number of halogens is 1. The highest BCUT2D eigenvalue weighted by Gasteiger charge is 2.23. The van der Waals surface area contributed by atoms with E-state index in [1.165, 1.54) is 6.92 Å². The van der Waals surface area contributed by atoms with Gasteiger partial charge in [0.1, 0.15) is 11.3 Å². The van der Waals surface area contributed by atoms with E-state index in [9.17, 15) is 9.59 Å². The van der Waals surface area contributed by atoms with Crippen molar-refractivity contribution in [1.29, 1.82) is 0 Å². The second kappa shape index (κ2) is 7.41. The number of ether oxygens (including phenoxy) is 1. The van der Waals surface area contributed by atoms with Crippen molar-refractivity contribution >= 4 is 23.5 Å². The number of benzene rings is 2. The summed E-state index contributed by atoms with van der Waals surface area (Å²) >= 11 is 5.94.